The van der Waals surface area contributed by atoms with E-state index in [4.69, 9.17) is 14.1 Å². The summed E-state index contributed by atoms with van der Waals surface area (Å²) in [6.45, 7) is 4.60. The quantitative estimate of drug-likeness (QED) is 0.229. The van der Waals surface area contributed by atoms with Crippen molar-refractivity contribution in [2.24, 2.45) is 0 Å². The van der Waals surface area contributed by atoms with Crippen LogP contribution in [-0.4, -0.2) is 17.9 Å². The third kappa shape index (κ3) is 7.44. The van der Waals surface area contributed by atoms with E-state index in [0.717, 1.165) is 55.0 Å². The van der Waals surface area contributed by atoms with Crippen LogP contribution in [0.25, 0.3) is 0 Å². The van der Waals surface area contributed by atoms with Gasteiger partial charge in [-0.15, -0.1) is 0 Å². The number of nitrogens with zero attached hydrogens (tertiary/aromatic N) is 1. The number of amides is 1. The van der Waals surface area contributed by atoms with Crippen molar-refractivity contribution in [1.29, 1.82) is 0 Å². The van der Waals surface area contributed by atoms with Crippen molar-refractivity contribution >= 4 is 13.0 Å². The molecular weight excluding hydrogens is 473 g/mol. The number of benzene rings is 3. The molecule has 5 nitrogen and oxygen atoms in total. The Morgan fingerprint density at radius 2 is 1.37 bits per heavy atom. The van der Waals surface area contributed by atoms with E-state index < -0.39 is 18.2 Å². The first-order chi connectivity index (χ1) is 18.7. The van der Waals surface area contributed by atoms with Crippen molar-refractivity contribution in [3.05, 3.63) is 120 Å². The minimum Gasteiger partial charge on any atom is -0.535 e. The second kappa shape index (κ2) is 14.3. The second-order valence-electron chi connectivity index (χ2n) is 9.72. The molecule has 38 heavy (non-hydrogen) atoms. The average Bonchev–Trinajstić information content (AvgIpc) is 2.98. The third-order valence-electron chi connectivity index (χ3n) is 6.80. The van der Waals surface area contributed by atoms with Gasteiger partial charge >= 0.3 is 13.0 Å². The van der Waals surface area contributed by atoms with Crippen LogP contribution in [0.15, 0.2) is 103 Å². The van der Waals surface area contributed by atoms with E-state index >= 15 is 0 Å². The van der Waals surface area contributed by atoms with Crippen molar-refractivity contribution in [3.63, 3.8) is 0 Å². The molecule has 1 aliphatic rings. The molecule has 4 rings (SSSR count). The standard InChI is InChI=1S/C32H38BNO4/c1-3-5-22-33(23-6-4-2)38-29-24-34(32(35)36-25-26-16-10-7-11-17-26)30(27-18-12-8-13-19-27)31(37-29)28-20-14-9-15-21-28/h7-21,24,30-31H,3-6,22-23,25H2,1-2H3/t30-,31+/m1/s1. The van der Waals surface area contributed by atoms with Crippen molar-refractivity contribution in [2.75, 3.05) is 0 Å². The Balaban J connectivity index is 1.68. The van der Waals surface area contributed by atoms with Crippen LogP contribution < -0.4 is 0 Å². The molecule has 0 fully saturated rings. The number of hydrogen-bond donors (Lipinski definition) is 0. The van der Waals surface area contributed by atoms with Gasteiger partial charge in [0.15, 0.2) is 6.10 Å². The normalized spacial score (nSPS) is 16.8. The molecular formula is C32H38BNO4. The van der Waals surface area contributed by atoms with E-state index in [9.17, 15) is 4.79 Å². The summed E-state index contributed by atoms with van der Waals surface area (Å²) in [4.78, 5) is 15.3. The average molecular weight is 511 g/mol. The Hall–Kier alpha value is -3.67. The zero-order valence-corrected chi connectivity index (χ0v) is 22.5. The summed E-state index contributed by atoms with van der Waals surface area (Å²) in [5.74, 6) is 0.361. The lowest BCUT2D eigenvalue weighted by Gasteiger charge is -2.39. The highest BCUT2D eigenvalue weighted by atomic mass is 16.7. The molecule has 0 aliphatic carbocycles. The predicted octanol–water partition coefficient (Wildman–Crippen LogP) is 8.55. The fraction of sp³-hybridized carbons (Fsp3) is 0.344. The van der Waals surface area contributed by atoms with E-state index in [1.165, 1.54) is 0 Å². The number of hydrogen-bond acceptors (Lipinski definition) is 4. The highest BCUT2D eigenvalue weighted by Crippen LogP contribution is 2.43. The lowest BCUT2D eigenvalue weighted by atomic mass is 9.59. The highest BCUT2D eigenvalue weighted by molar-refractivity contribution is 6.52. The zero-order valence-electron chi connectivity index (χ0n) is 22.5. The molecule has 0 bridgehead atoms. The van der Waals surface area contributed by atoms with Gasteiger partial charge in [-0.05, 0) is 29.3 Å². The Morgan fingerprint density at radius 1 is 0.816 bits per heavy atom. The smallest absolute Gasteiger partial charge is 0.415 e. The number of carbonyl (C=O) groups is 1. The maximum absolute atomic E-state index is 13.7. The summed E-state index contributed by atoms with van der Waals surface area (Å²) in [7, 11) is 0. The topological polar surface area (TPSA) is 48.0 Å². The van der Waals surface area contributed by atoms with Crippen LogP contribution in [0.1, 0.15) is 68.4 Å². The lowest BCUT2D eigenvalue weighted by Crippen LogP contribution is -2.39. The molecule has 3 aromatic carbocycles. The molecule has 1 heterocycles. The molecule has 0 saturated heterocycles. The first-order valence-electron chi connectivity index (χ1n) is 13.8. The van der Waals surface area contributed by atoms with Crippen LogP contribution in [0, 0.1) is 0 Å². The van der Waals surface area contributed by atoms with Gasteiger partial charge in [0.2, 0.25) is 0 Å². The van der Waals surface area contributed by atoms with Gasteiger partial charge in [-0.25, -0.2) is 4.79 Å². The van der Waals surface area contributed by atoms with Crippen LogP contribution in [0.2, 0.25) is 12.6 Å². The van der Waals surface area contributed by atoms with Crippen LogP contribution in [0.3, 0.4) is 0 Å². The highest BCUT2D eigenvalue weighted by Gasteiger charge is 2.40. The SMILES string of the molecule is CCCCB(CCCC)OC1=CN(C(=O)OCc2ccccc2)[C@H](c2ccccc2)[C@H](c2ccccc2)O1. The minimum absolute atomic E-state index is 0.0352. The van der Waals surface area contributed by atoms with Crippen LogP contribution in [0.4, 0.5) is 4.79 Å². The molecule has 0 N–H and O–H groups in total. The molecule has 0 saturated carbocycles. The Bertz CT molecular complexity index is 1130. The van der Waals surface area contributed by atoms with E-state index in [1.54, 1.807) is 11.1 Å². The third-order valence-corrected chi connectivity index (χ3v) is 6.80. The van der Waals surface area contributed by atoms with E-state index in [0.29, 0.717) is 5.95 Å². The van der Waals surface area contributed by atoms with Gasteiger partial charge in [-0.2, -0.15) is 0 Å². The Morgan fingerprint density at radius 3 is 1.95 bits per heavy atom. The largest absolute Gasteiger partial charge is 0.535 e. The van der Waals surface area contributed by atoms with Gasteiger partial charge in [0.05, 0.1) is 6.20 Å². The zero-order chi connectivity index (χ0) is 26.6. The molecule has 0 radical (unpaired) electrons. The van der Waals surface area contributed by atoms with Gasteiger partial charge in [0.1, 0.15) is 12.6 Å². The fourth-order valence-corrected chi connectivity index (χ4v) is 4.75. The molecule has 0 unspecified atom stereocenters. The fourth-order valence-electron chi connectivity index (χ4n) is 4.75. The van der Waals surface area contributed by atoms with Gasteiger partial charge in [0.25, 0.3) is 5.95 Å². The molecule has 3 aromatic rings. The first kappa shape index (κ1) is 27.4. The van der Waals surface area contributed by atoms with Gasteiger partial charge in [-0.3, -0.25) is 4.90 Å². The van der Waals surface area contributed by atoms with Crippen molar-refractivity contribution in [1.82, 2.24) is 4.90 Å². The summed E-state index contributed by atoms with van der Waals surface area (Å²) < 4.78 is 18.8. The number of ether oxygens (including phenoxy) is 2. The summed E-state index contributed by atoms with van der Waals surface area (Å²) >= 11 is 0. The van der Waals surface area contributed by atoms with Gasteiger partial charge < -0.3 is 14.1 Å². The van der Waals surface area contributed by atoms with Gasteiger partial charge in [-0.1, -0.05) is 131 Å². The van der Waals surface area contributed by atoms with Crippen molar-refractivity contribution in [2.45, 2.75) is 70.9 Å². The molecule has 0 spiro atoms. The number of carbonyl (C=O) groups excluding carboxylic acids is 1. The first-order valence-corrected chi connectivity index (χ1v) is 13.8. The summed E-state index contributed by atoms with van der Waals surface area (Å²) in [6, 6.07) is 29.3. The predicted molar refractivity (Wildman–Crippen MR) is 152 cm³/mol. The van der Waals surface area contributed by atoms with Gasteiger partial charge in [0, 0.05) is 0 Å². The van der Waals surface area contributed by atoms with Crippen LogP contribution in [0.5, 0.6) is 0 Å². The van der Waals surface area contributed by atoms with E-state index in [-0.39, 0.29) is 13.5 Å². The van der Waals surface area contributed by atoms with E-state index in [1.807, 2.05) is 91.0 Å². The second-order valence-corrected chi connectivity index (χ2v) is 9.72. The monoisotopic (exact) mass is 511 g/mol. The molecule has 2 atom stereocenters. The summed E-state index contributed by atoms with van der Waals surface area (Å²) in [5.41, 5.74) is 2.86. The van der Waals surface area contributed by atoms with E-state index in [2.05, 4.69) is 13.8 Å². The molecule has 1 amide bonds. The molecule has 198 valence electrons. The maximum atomic E-state index is 13.7. The summed E-state index contributed by atoms with van der Waals surface area (Å²) in [6.07, 6.45) is 7.07. The van der Waals surface area contributed by atoms with Crippen LogP contribution >= 0.6 is 0 Å². The number of rotatable bonds is 12. The molecule has 0 aromatic heterocycles. The summed E-state index contributed by atoms with van der Waals surface area (Å²) in [5, 5.41) is 0. The maximum Gasteiger partial charge on any atom is 0.415 e. The van der Waals surface area contributed by atoms with Crippen LogP contribution in [-0.2, 0) is 20.7 Å². The van der Waals surface area contributed by atoms with Crippen molar-refractivity contribution in [3.8, 4) is 0 Å². The Kier molecular flexibility index (Phi) is 10.3. The minimum atomic E-state index is -0.458. The Labute approximate surface area is 227 Å². The molecule has 6 heteroatoms. The number of unbranched alkanes of at least 4 members (excludes halogenated alkanes) is 2. The van der Waals surface area contributed by atoms with Crippen molar-refractivity contribution < 1.29 is 18.9 Å². The molecule has 1 aliphatic heterocycles. The lowest BCUT2D eigenvalue weighted by molar-refractivity contribution is -0.0395.